The van der Waals surface area contributed by atoms with Gasteiger partial charge in [0.1, 0.15) is 33.0 Å². The molecule has 1 aromatic carbocycles. The fourth-order valence-electron chi connectivity index (χ4n) is 4.14. The standard InChI is InChI=1S/C23H19FN6OS2/c24-15-3-1-2-4-16(15)29-6-8-30(9-7-29)23(31)20-19(26)18-17(13-5-10-32-12-13)14(11-25)21(27)28-22(18)33-20/h1-5,10,12H,6-9,26H2,(H2,27,28). The molecule has 1 amide bonds. The van der Waals surface area contributed by atoms with E-state index in [0.717, 1.165) is 5.56 Å². The number of hydrogen-bond acceptors (Lipinski definition) is 8. The van der Waals surface area contributed by atoms with E-state index in [1.165, 1.54) is 28.7 Å². The van der Waals surface area contributed by atoms with Crippen LogP contribution in [0.5, 0.6) is 0 Å². The number of anilines is 3. The van der Waals surface area contributed by atoms with Gasteiger partial charge in [-0.2, -0.15) is 16.6 Å². The lowest BCUT2D eigenvalue weighted by atomic mass is 9.99. The number of hydrogen-bond donors (Lipinski definition) is 2. The van der Waals surface area contributed by atoms with Crippen molar-refractivity contribution in [2.45, 2.75) is 0 Å². The zero-order valence-corrected chi connectivity index (χ0v) is 19.0. The van der Waals surface area contributed by atoms with Crippen LogP contribution in [0.25, 0.3) is 21.3 Å². The molecule has 5 rings (SSSR count). The van der Waals surface area contributed by atoms with E-state index < -0.39 is 0 Å². The molecule has 3 aromatic heterocycles. The molecule has 1 fully saturated rings. The summed E-state index contributed by atoms with van der Waals surface area (Å²) in [5, 5.41) is 14.1. The molecule has 0 bridgehead atoms. The van der Waals surface area contributed by atoms with Gasteiger partial charge in [-0.05, 0) is 34.5 Å². The number of amides is 1. The number of halogens is 1. The summed E-state index contributed by atoms with van der Waals surface area (Å²) in [7, 11) is 0. The van der Waals surface area contributed by atoms with E-state index in [-0.39, 0.29) is 23.1 Å². The van der Waals surface area contributed by atoms with Crippen LogP contribution in [0.1, 0.15) is 15.2 Å². The molecule has 0 radical (unpaired) electrons. The Bertz CT molecular complexity index is 1400. The predicted molar refractivity (Wildman–Crippen MR) is 131 cm³/mol. The zero-order chi connectivity index (χ0) is 23.1. The summed E-state index contributed by atoms with van der Waals surface area (Å²) in [5.74, 6) is -0.356. The molecule has 33 heavy (non-hydrogen) atoms. The Morgan fingerprint density at radius 2 is 1.91 bits per heavy atom. The van der Waals surface area contributed by atoms with Crippen molar-refractivity contribution in [3.63, 3.8) is 0 Å². The molecule has 0 saturated carbocycles. The Hall–Kier alpha value is -3.68. The number of nitrogens with zero attached hydrogens (tertiary/aromatic N) is 4. The van der Waals surface area contributed by atoms with E-state index in [1.54, 1.807) is 23.1 Å². The Morgan fingerprint density at radius 1 is 1.15 bits per heavy atom. The van der Waals surface area contributed by atoms with Crippen molar-refractivity contribution in [3.05, 3.63) is 57.3 Å². The summed E-state index contributed by atoms with van der Waals surface area (Å²) in [6, 6.07) is 10.7. The number of aromatic nitrogens is 1. The predicted octanol–water partition coefficient (Wildman–Crippen LogP) is 4.16. The summed E-state index contributed by atoms with van der Waals surface area (Å²) in [4.78, 5) is 22.3. The smallest absolute Gasteiger partial charge is 0.266 e. The van der Waals surface area contributed by atoms with Crippen molar-refractivity contribution in [3.8, 4) is 17.2 Å². The molecule has 4 heterocycles. The van der Waals surface area contributed by atoms with E-state index in [2.05, 4.69) is 11.1 Å². The lowest BCUT2D eigenvalue weighted by molar-refractivity contribution is 0.0752. The highest BCUT2D eigenvalue weighted by Crippen LogP contribution is 2.43. The van der Waals surface area contributed by atoms with Crippen molar-refractivity contribution < 1.29 is 9.18 Å². The number of fused-ring (bicyclic) bond motifs is 1. The molecule has 0 aliphatic carbocycles. The molecule has 0 spiro atoms. The van der Waals surface area contributed by atoms with Crippen molar-refractivity contribution in [2.75, 3.05) is 42.5 Å². The minimum Gasteiger partial charge on any atom is -0.397 e. The van der Waals surface area contributed by atoms with Gasteiger partial charge < -0.3 is 21.3 Å². The van der Waals surface area contributed by atoms with E-state index >= 15 is 0 Å². The second-order valence-electron chi connectivity index (χ2n) is 7.63. The third kappa shape index (κ3) is 3.55. The van der Waals surface area contributed by atoms with Gasteiger partial charge in [0.05, 0.1) is 11.4 Å². The highest BCUT2D eigenvalue weighted by Gasteiger charge is 2.29. The summed E-state index contributed by atoms with van der Waals surface area (Å²) in [6.07, 6.45) is 0. The van der Waals surface area contributed by atoms with Crippen LogP contribution in [0.15, 0.2) is 41.1 Å². The summed E-state index contributed by atoms with van der Waals surface area (Å²) < 4.78 is 14.1. The molecule has 1 saturated heterocycles. The number of carbonyl (C=O) groups excluding carboxylic acids is 1. The number of nitriles is 1. The maximum atomic E-state index is 14.1. The van der Waals surface area contributed by atoms with Crippen LogP contribution in [-0.2, 0) is 0 Å². The molecule has 7 nitrogen and oxygen atoms in total. The minimum atomic E-state index is -0.274. The van der Waals surface area contributed by atoms with Crippen LogP contribution >= 0.6 is 22.7 Å². The first-order valence-corrected chi connectivity index (χ1v) is 12.0. The maximum Gasteiger partial charge on any atom is 0.266 e. The second kappa shape index (κ2) is 8.35. The molecule has 0 unspecified atom stereocenters. The van der Waals surface area contributed by atoms with E-state index in [4.69, 9.17) is 11.5 Å². The van der Waals surface area contributed by atoms with Gasteiger partial charge in [0, 0.05) is 37.1 Å². The molecule has 4 N–H and O–H groups in total. The molecule has 4 aromatic rings. The van der Waals surface area contributed by atoms with Crippen molar-refractivity contribution in [1.82, 2.24) is 9.88 Å². The van der Waals surface area contributed by atoms with Gasteiger partial charge in [-0.15, -0.1) is 11.3 Å². The highest BCUT2D eigenvalue weighted by atomic mass is 32.1. The number of rotatable bonds is 3. The third-order valence-corrected chi connectivity index (χ3v) is 7.55. The summed E-state index contributed by atoms with van der Waals surface area (Å²) in [5.41, 5.74) is 15.1. The van der Waals surface area contributed by atoms with Crippen molar-refractivity contribution in [1.29, 1.82) is 5.26 Å². The van der Waals surface area contributed by atoms with Gasteiger partial charge in [-0.3, -0.25) is 4.79 Å². The molecule has 1 aliphatic heterocycles. The third-order valence-electron chi connectivity index (χ3n) is 5.78. The fourth-order valence-corrected chi connectivity index (χ4v) is 5.87. The lowest BCUT2D eigenvalue weighted by Gasteiger charge is -2.36. The topological polar surface area (TPSA) is 112 Å². The first-order chi connectivity index (χ1) is 16.0. The monoisotopic (exact) mass is 478 g/mol. The largest absolute Gasteiger partial charge is 0.397 e. The first-order valence-electron chi connectivity index (χ1n) is 10.2. The summed E-state index contributed by atoms with van der Waals surface area (Å²) in [6.45, 7) is 1.91. The van der Waals surface area contributed by atoms with Gasteiger partial charge in [0.25, 0.3) is 5.91 Å². The van der Waals surface area contributed by atoms with Gasteiger partial charge in [0.2, 0.25) is 0 Å². The number of nitrogens with two attached hydrogens (primary N) is 2. The lowest BCUT2D eigenvalue weighted by Crippen LogP contribution is -2.49. The molecular weight excluding hydrogens is 459 g/mol. The number of thiophene rings is 2. The summed E-state index contributed by atoms with van der Waals surface area (Å²) >= 11 is 2.68. The number of piperazine rings is 1. The number of para-hydroxylation sites is 1. The molecule has 1 aliphatic rings. The number of carbonyl (C=O) groups is 1. The van der Waals surface area contributed by atoms with Crippen LogP contribution < -0.4 is 16.4 Å². The quantitative estimate of drug-likeness (QED) is 0.457. The van der Waals surface area contributed by atoms with Crippen molar-refractivity contribution >= 4 is 56.0 Å². The number of benzene rings is 1. The van der Waals surface area contributed by atoms with Crippen LogP contribution in [-0.4, -0.2) is 42.0 Å². The van der Waals surface area contributed by atoms with Gasteiger partial charge in [-0.1, -0.05) is 12.1 Å². The van der Waals surface area contributed by atoms with Gasteiger partial charge in [-0.25, -0.2) is 9.37 Å². The average Bonchev–Trinajstić information content (AvgIpc) is 3.47. The second-order valence-corrected chi connectivity index (χ2v) is 9.41. The first kappa shape index (κ1) is 21.2. The normalized spacial score (nSPS) is 13.9. The Labute approximate surface area is 197 Å². The van der Waals surface area contributed by atoms with E-state index in [0.29, 0.717) is 58.2 Å². The van der Waals surface area contributed by atoms with Crippen LogP contribution in [0.4, 0.5) is 21.6 Å². The van der Waals surface area contributed by atoms with Crippen LogP contribution in [0.3, 0.4) is 0 Å². The van der Waals surface area contributed by atoms with Gasteiger partial charge in [0.15, 0.2) is 0 Å². The van der Waals surface area contributed by atoms with Crippen LogP contribution in [0, 0.1) is 17.1 Å². The van der Waals surface area contributed by atoms with E-state index in [1.807, 2.05) is 21.7 Å². The minimum absolute atomic E-state index is 0.116. The molecule has 0 atom stereocenters. The zero-order valence-electron chi connectivity index (χ0n) is 17.4. The average molecular weight is 479 g/mol. The molecule has 10 heteroatoms. The Morgan fingerprint density at radius 3 is 2.58 bits per heavy atom. The SMILES string of the molecule is N#Cc1c(N)nc2sc(C(=O)N3CCN(c4ccccc4F)CC3)c(N)c2c1-c1ccsc1. The maximum absolute atomic E-state index is 14.1. The van der Waals surface area contributed by atoms with E-state index in [9.17, 15) is 14.4 Å². The molecular formula is C23H19FN6OS2. The molecule has 166 valence electrons. The van der Waals surface area contributed by atoms with Gasteiger partial charge >= 0.3 is 0 Å². The highest BCUT2D eigenvalue weighted by molar-refractivity contribution is 7.21. The van der Waals surface area contributed by atoms with Crippen LogP contribution in [0.2, 0.25) is 0 Å². The number of pyridine rings is 1. The Kier molecular flexibility index (Phi) is 5.36. The Balaban J connectivity index is 1.48. The fraction of sp³-hybridized carbons (Fsp3) is 0.174. The number of nitrogen functional groups attached to an aromatic ring is 2. The van der Waals surface area contributed by atoms with Crippen molar-refractivity contribution in [2.24, 2.45) is 0 Å².